The average Bonchev–Trinajstić information content (AvgIpc) is 2.81. The molecule has 9 heteroatoms. The molecular weight excluding hydrogens is 356 g/mol. The summed E-state index contributed by atoms with van der Waals surface area (Å²) in [5.41, 5.74) is 5.75. The maximum absolute atomic E-state index is 13.1. The Hall–Kier alpha value is -1.09. The number of esters is 1. The summed E-state index contributed by atoms with van der Waals surface area (Å²) in [5.74, 6) is 0.134. The van der Waals surface area contributed by atoms with Crippen LogP contribution in [0.3, 0.4) is 0 Å². The Morgan fingerprint density at radius 2 is 2.00 bits per heavy atom. The quantitative estimate of drug-likeness (QED) is 0.799. The molecule has 0 aromatic carbocycles. The number of nitrogens with zero attached hydrogens (tertiary/aromatic N) is 1. The second-order valence-electron chi connectivity index (χ2n) is 6.04. The summed E-state index contributed by atoms with van der Waals surface area (Å²) in [4.78, 5) is 11.9. The van der Waals surface area contributed by atoms with Gasteiger partial charge in [-0.05, 0) is 32.6 Å². The van der Waals surface area contributed by atoms with Gasteiger partial charge in [0.15, 0.2) is 0 Å². The van der Waals surface area contributed by atoms with Gasteiger partial charge in [-0.2, -0.15) is 4.31 Å². The molecule has 1 aliphatic heterocycles. The third-order valence-electron chi connectivity index (χ3n) is 4.36. The van der Waals surface area contributed by atoms with Crippen molar-refractivity contribution in [2.24, 2.45) is 11.7 Å². The SMILES string of the molecule is COC(=O)c1c(C)oc(C)c1S(=O)(=O)N1CCC(C)CC1CN.Cl. The zero-order valence-electron chi connectivity index (χ0n) is 14.4. The van der Waals surface area contributed by atoms with E-state index in [9.17, 15) is 13.2 Å². The molecule has 1 aliphatic rings. The van der Waals surface area contributed by atoms with Crippen molar-refractivity contribution in [3.05, 3.63) is 17.1 Å². The van der Waals surface area contributed by atoms with Crippen LogP contribution in [0.5, 0.6) is 0 Å². The predicted molar refractivity (Wildman–Crippen MR) is 91.9 cm³/mol. The molecule has 7 nitrogen and oxygen atoms in total. The van der Waals surface area contributed by atoms with E-state index in [0.717, 1.165) is 6.42 Å². The zero-order chi connectivity index (χ0) is 17.4. The van der Waals surface area contributed by atoms with Crippen LogP contribution in [0.2, 0.25) is 0 Å². The first kappa shape index (κ1) is 21.0. The molecule has 2 unspecified atom stereocenters. The highest BCUT2D eigenvalue weighted by molar-refractivity contribution is 7.89. The van der Waals surface area contributed by atoms with E-state index in [1.807, 2.05) is 0 Å². The van der Waals surface area contributed by atoms with Gasteiger partial charge in [0.25, 0.3) is 0 Å². The van der Waals surface area contributed by atoms with Gasteiger partial charge in [-0.15, -0.1) is 12.4 Å². The van der Waals surface area contributed by atoms with Crippen LogP contribution < -0.4 is 5.73 Å². The molecule has 0 amide bonds. The number of hydrogen-bond donors (Lipinski definition) is 1. The van der Waals surface area contributed by atoms with Crippen molar-refractivity contribution >= 4 is 28.4 Å². The summed E-state index contributed by atoms with van der Waals surface area (Å²) in [6.45, 7) is 5.80. The van der Waals surface area contributed by atoms with Gasteiger partial charge < -0.3 is 14.9 Å². The van der Waals surface area contributed by atoms with E-state index in [2.05, 4.69) is 6.92 Å². The van der Waals surface area contributed by atoms with Crippen LogP contribution in [0.1, 0.15) is 41.6 Å². The molecule has 0 spiro atoms. The predicted octanol–water partition coefficient (Wildman–Crippen LogP) is 1.85. The molecule has 2 rings (SSSR count). The minimum absolute atomic E-state index is 0. The molecule has 1 aromatic rings. The van der Waals surface area contributed by atoms with Gasteiger partial charge in [-0.1, -0.05) is 6.92 Å². The number of nitrogens with two attached hydrogens (primary N) is 1. The topological polar surface area (TPSA) is 103 Å². The first-order chi connectivity index (χ1) is 10.7. The number of aryl methyl sites for hydroxylation is 2. The number of ether oxygens (including phenoxy) is 1. The van der Waals surface area contributed by atoms with E-state index in [1.54, 1.807) is 6.92 Å². The molecule has 2 N–H and O–H groups in total. The van der Waals surface area contributed by atoms with Gasteiger partial charge >= 0.3 is 5.97 Å². The van der Waals surface area contributed by atoms with Crippen molar-refractivity contribution in [1.82, 2.24) is 4.31 Å². The molecule has 24 heavy (non-hydrogen) atoms. The van der Waals surface area contributed by atoms with Crippen molar-refractivity contribution in [2.45, 2.75) is 44.6 Å². The molecule has 0 bridgehead atoms. The Morgan fingerprint density at radius 1 is 1.38 bits per heavy atom. The Balaban J connectivity index is 0.00000288. The normalized spacial score (nSPS) is 22.0. The standard InChI is InChI=1S/C15H24N2O5S.ClH/c1-9-5-6-17(12(7-9)8-16)23(19,20)14-11(3)22-10(2)13(14)15(18)21-4;/h9,12H,5-8,16H2,1-4H3;1H. The van der Waals surface area contributed by atoms with E-state index < -0.39 is 16.0 Å². The summed E-state index contributed by atoms with van der Waals surface area (Å²) < 4.78 is 37.8. The molecule has 138 valence electrons. The summed E-state index contributed by atoms with van der Waals surface area (Å²) >= 11 is 0. The number of hydrogen-bond acceptors (Lipinski definition) is 6. The lowest BCUT2D eigenvalue weighted by atomic mass is 9.94. The second kappa shape index (κ2) is 7.86. The average molecular weight is 381 g/mol. The third-order valence-corrected chi connectivity index (χ3v) is 6.46. The smallest absolute Gasteiger partial charge is 0.342 e. The van der Waals surface area contributed by atoms with Crippen LogP contribution in [0.25, 0.3) is 0 Å². The van der Waals surface area contributed by atoms with Gasteiger partial charge in [-0.25, -0.2) is 13.2 Å². The molecule has 0 saturated carbocycles. The van der Waals surface area contributed by atoms with Crippen LogP contribution in [-0.2, 0) is 14.8 Å². The Morgan fingerprint density at radius 3 is 2.54 bits per heavy atom. The van der Waals surface area contributed by atoms with Gasteiger partial charge in [0, 0.05) is 19.1 Å². The molecule has 1 saturated heterocycles. The Bertz CT molecular complexity index is 701. The van der Waals surface area contributed by atoms with E-state index in [4.69, 9.17) is 14.9 Å². The monoisotopic (exact) mass is 380 g/mol. The lowest BCUT2D eigenvalue weighted by molar-refractivity contribution is 0.0594. The maximum Gasteiger partial charge on any atom is 0.342 e. The minimum atomic E-state index is -3.88. The summed E-state index contributed by atoms with van der Waals surface area (Å²) in [5, 5.41) is 0. The van der Waals surface area contributed by atoms with E-state index in [1.165, 1.54) is 18.3 Å². The Labute approximate surface area is 149 Å². The molecule has 1 fully saturated rings. The number of halogens is 1. The van der Waals surface area contributed by atoms with Crippen molar-refractivity contribution in [3.63, 3.8) is 0 Å². The fourth-order valence-corrected chi connectivity index (χ4v) is 5.22. The Kier molecular flexibility index (Phi) is 6.86. The number of sulfonamides is 1. The fraction of sp³-hybridized carbons (Fsp3) is 0.667. The minimum Gasteiger partial charge on any atom is -0.465 e. The van der Waals surface area contributed by atoms with Crippen LogP contribution >= 0.6 is 12.4 Å². The van der Waals surface area contributed by atoms with E-state index in [-0.39, 0.29) is 47.0 Å². The fourth-order valence-electron chi connectivity index (χ4n) is 3.19. The van der Waals surface area contributed by atoms with Gasteiger partial charge in [0.05, 0.1) is 7.11 Å². The highest BCUT2D eigenvalue weighted by atomic mass is 35.5. The van der Waals surface area contributed by atoms with E-state index in [0.29, 0.717) is 18.9 Å². The van der Waals surface area contributed by atoms with Crippen LogP contribution in [0, 0.1) is 19.8 Å². The second-order valence-corrected chi connectivity index (χ2v) is 7.87. The number of rotatable bonds is 4. The number of furan rings is 1. The van der Waals surface area contributed by atoms with Crippen LogP contribution in [-0.4, -0.2) is 44.9 Å². The summed E-state index contributed by atoms with van der Waals surface area (Å²) in [7, 11) is -2.67. The first-order valence-corrected chi connectivity index (χ1v) is 9.08. The molecule has 0 aliphatic carbocycles. The van der Waals surface area contributed by atoms with Crippen molar-refractivity contribution in [3.8, 4) is 0 Å². The van der Waals surface area contributed by atoms with Gasteiger partial charge in [0.2, 0.25) is 10.0 Å². The highest BCUT2D eigenvalue weighted by Crippen LogP contribution is 2.34. The van der Waals surface area contributed by atoms with Crippen molar-refractivity contribution < 1.29 is 22.4 Å². The zero-order valence-corrected chi connectivity index (χ0v) is 16.0. The van der Waals surface area contributed by atoms with Crippen LogP contribution in [0.15, 0.2) is 9.31 Å². The third kappa shape index (κ3) is 3.61. The first-order valence-electron chi connectivity index (χ1n) is 7.64. The number of carbonyl (C=O) groups is 1. The molecule has 2 atom stereocenters. The number of methoxy groups -OCH3 is 1. The van der Waals surface area contributed by atoms with Gasteiger partial charge in [0.1, 0.15) is 22.0 Å². The molecular formula is C15H25ClN2O5S. The largest absolute Gasteiger partial charge is 0.465 e. The summed E-state index contributed by atoms with van der Waals surface area (Å²) in [6, 6.07) is -0.274. The molecule has 0 radical (unpaired) electrons. The molecule has 2 heterocycles. The highest BCUT2D eigenvalue weighted by Gasteiger charge is 2.40. The van der Waals surface area contributed by atoms with Gasteiger partial charge in [-0.3, -0.25) is 0 Å². The van der Waals surface area contributed by atoms with Crippen LogP contribution in [0.4, 0.5) is 0 Å². The maximum atomic E-state index is 13.1. The lowest BCUT2D eigenvalue weighted by Gasteiger charge is -2.36. The van der Waals surface area contributed by atoms with Crippen molar-refractivity contribution in [1.29, 1.82) is 0 Å². The number of piperidine rings is 1. The van der Waals surface area contributed by atoms with Crippen molar-refractivity contribution in [2.75, 3.05) is 20.2 Å². The van der Waals surface area contributed by atoms with E-state index >= 15 is 0 Å². The lowest BCUT2D eigenvalue weighted by Crippen LogP contribution is -2.49. The molecule has 1 aromatic heterocycles. The number of carbonyl (C=O) groups excluding carboxylic acids is 1. The summed E-state index contributed by atoms with van der Waals surface area (Å²) in [6.07, 6.45) is 1.47.